The van der Waals surface area contributed by atoms with Crippen LogP contribution in [0.3, 0.4) is 0 Å². The highest BCUT2D eigenvalue weighted by Crippen LogP contribution is 2.33. The first-order valence-electron chi connectivity index (χ1n) is 9.18. The van der Waals surface area contributed by atoms with Crippen molar-refractivity contribution in [2.75, 3.05) is 39.9 Å². The van der Waals surface area contributed by atoms with Gasteiger partial charge in [-0.1, -0.05) is 26.8 Å². The number of benzene rings is 1. The van der Waals surface area contributed by atoms with E-state index in [0.717, 1.165) is 37.5 Å². The van der Waals surface area contributed by atoms with E-state index in [1.807, 2.05) is 18.2 Å². The topological polar surface area (TPSA) is 48.7 Å². The van der Waals surface area contributed by atoms with Gasteiger partial charge < -0.3 is 14.4 Å². The summed E-state index contributed by atoms with van der Waals surface area (Å²) >= 11 is 0. The lowest BCUT2D eigenvalue weighted by molar-refractivity contribution is 0.0682. The molecule has 25 heavy (non-hydrogen) atoms. The molecule has 1 aromatic carbocycles. The molecule has 2 atom stereocenters. The normalized spacial score (nSPS) is 20.3. The zero-order chi connectivity index (χ0) is 18.4. The molecule has 1 saturated heterocycles. The summed E-state index contributed by atoms with van der Waals surface area (Å²) in [6.45, 7) is 13.2. The fourth-order valence-corrected chi connectivity index (χ4v) is 3.29. The number of hydrogen-bond acceptors (Lipinski definition) is 5. The molecular formula is C20H31N3O2. The van der Waals surface area contributed by atoms with Gasteiger partial charge in [-0.25, -0.2) is 0 Å². The van der Waals surface area contributed by atoms with Crippen molar-refractivity contribution in [1.82, 2.24) is 9.80 Å². The minimum atomic E-state index is -0.262. The Labute approximate surface area is 152 Å². The van der Waals surface area contributed by atoms with E-state index in [1.165, 1.54) is 0 Å². The minimum Gasteiger partial charge on any atom is -0.493 e. The first kappa shape index (κ1) is 19.6. The third kappa shape index (κ3) is 4.87. The first-order chi connectivity index (χ1) is 12.0. The third-order valence-electron chi connectivity index (χ3n) is 4.74. The second-order valence-electron chi connectivity index (χ2n) is 7.13. The number of methoxy groups -OCH3 is 1. The fraction of sp³-hybridized carbons (Fsp3) is 0.650. The van der Waals surface area contributed by atoms with Gasteiger partial charge in [-0.05, 0) is 37.1 Å². The molecule has 0 bridgehead atoms. The maximum atomic E-state index is 9.80. The molecule has 0 aliphatic carbocycles. The molecule has 0 saturated carbocycles. The lowest BCUT2D eigenvalue weighted by Crippen LogP contribution is -2.52. The van der Waals surface area contributed by atoms with Gasteiger partial charge in [0.05, 0.1) is 19.8 Å². The van der Waals surface area contributed by atoms with E-state index in [1.54, 1.807) is 7.11 Å². The van der Waals surface area contributed by atoms with Crippen molar-refractivity contribution < 1.29 is 9.47 Å². The van der Waals surface area contributed by atoms with Crippen molar-refractivity contribution in [3.8, 4) is 17.6 Å². The highest BCUT2D eigenvalue weighted by molar-refractivity contribution is 5.45. The molecule has 0 radical (unpaired) electrons. The number of hydrogen-bond donors (Lipinski definition) is 0. The molecule has 1 aliphatic heterocycles. The Balaban J connectivity index is 2.19. The van der Waals surface area contributed by atoms with Crippen LogP contribution < -0.4 is 9.47 Å². The molecule has 2 rings (SSSR count). The number of nitrogens with zero attached hydrogens (tertiary/aromatic N) is 3. The van der Waals surface area contributed by atoms with E-state index in [9.17, 15) is 5.26 Å². The number of piperazine rings is 1. The van der Waals surface area contributed by atoms with Gasteiger partial charge in [0.25, 0.3) is 0 Å². The average molecular weight is 345 g/mol. The van der Waals surface area contributed by atoms with Crippen molar-refractivity contribution >= 4 is 0 Å². The van der Waals surface area contributed by atoms with Crippen molar-refractivity contribution in [2.24, 2.45) is 5.92 Å². The smallest absolute Gasteiger partial charge is 0.161 e. The third-order valence-corrected chi connectivity index (χ3v) is 4.74. The molecule has 1 heterocycles. The summed E-state index contributed by atoms with van der Waals surface area (Å²) in [6.07, 6.45) is 0. The van der Waals surface area contributed by atoms with Crippen LogP contribution >= 0.6 is 0 Å². The summed E-state index contributed by atoms with van der Waals surface area (Å²) in [5.74, 6) is 1.88. The Hall–Kier alpha value is -1.77. The van der Waals surface area contributed by atoms with Crippen molar-refractivity contribution in [2.45, 2.75) is 39.8 Å². The molecule has 0 aromatic heterocycles. The van der Waals surface area contributed by atoms with Crippen LogP contribution in [0.15, 0.2) is 18.2 Å². The van der Waals surface area contributed by atoms with Gasteiger partial charge in [-0.2, -0.15) is 5.26 Å². The second-order valence-corrected chi connectivity index (χ2v) is 7.13. The molecule has 5 nitrogen and oxygen atoms in total. The van der Waals surface area contributed by atoms with E-state index in [0.29, 0.717) is 24.3 Å². The monoisotopic (exact) mass is 345 g/mol. The van der Waals surface area contributed by atoms with Crippen LogP contribution in [0, 0.1) is 17.2 Å². The van der Waals surface area contributed by atoms with Gasteiger partial charge in [0, 0.05) is 25.7 Å². The average Bonchev–Trinajstić information content (AvgIpc) is 2.62. The fourth-order valence-electron chi connectivity index (χ4n) is 3.29. The molecule has 5 heteroatoms. The number of likely N-dealkylation sites (N-methyl/N-ethyl adjacent to an activating group) is 1. The summed E-state index contributed by atoms with van der Waals surface area (Å²) in [4.78, 5) is 4.72. The highest BCUT2D eigenvalue weighted by Gasteiger charge is 2.30. The van der Waals surface area contributed by atoms with Gasteiger partial charge >= 0.3 is 0 Å². The molecule has 138 valence electrons. The maximum absolute atomic E-state index is 9.80. The quantitative estimate of drug-likeness (QED) is 0.759. The zero-order valence-electron chi connectivity index (χ0n) is 16.2. The van der Waals surface area contributed by atoms with Crippen LogP contribution in [0.5, 0.6) is 11.5 Å². The van der Waals surface area contributed by atoms with Gasteiger partial charge in [0.1, 0.15) is 6.04 Å². The van der Waals surface area contributed by atoms with Crippen LogP contribution in [-0.2, 0) is 0 Å². The lowest BCUT2D eigenvalue weighted by Gasteiger charge is -2.41. The predicted molar refractivity (Wildman–Crippen MR) is 100.0 cm³/mol. The number of rotatable bonds is 7. The molecule has 0 N–H and O–H groups in total. The van der Waals surface area contributed by atoms with Crippen molar-refractivity contribution in [3.05, 3.63) is 23.8 Å². The minimum absolute atomic E-state index is 0.262. The summed E-state index contributed by atoms with van der Waals surface area (Å²) in [6, 6.07) is 8.43. The van der Waals surface area contributed by atoms with E-state index >= 15 is 0 Å². The SMILES string of the molecule is CCN1CCN(C(C#N)c2ccc(OCC(C)C)c(OC)c2)C(C)C1. The number of ether oxygens (including phenoxy) is 2. The van der Waals surface area contributed by atoms with E-state index in [-0.39, 0.29) is 6.04 Å². The zero-order valence-corrected chi connectivity index (χ0v) is 16.2. The van der Waals surface area contributed by atoms with Gasteiger partial charge in [-0.3, -0.25) is 4.90 Å². The van der Waals surface area contributed by atoms with Gasteiger partial charge in [0.15, 0.2) is 11.5 Å². The Morgan fingerprint density at radius 1 is 1.28 bits per heavy atom. The van der Waals surface area contributed by atoms with E-state index < -0.39 is 0 Å². The predicted octanol–water partition coefficient (Wildman–Crippen LogP) is 3.32. The lowest BCUT2D eigenvalue weighted by atomic mass is 10.0. The van der Waals surface area contributed by atoms with E-state index in [4.69, 9.17) is 9.47 Å². The number of nitriles is 1. The van der Waals surface area contributed by atoms with Crippen LogP contribution in [0.4, 0.5) is 0 Å². The molecule has 1 fully saturated rings. The van der Waals surface area contributed by atoms with Crippen molar-refractivity contribution in [3.63, 3.8) is 0 Å². The van der Waals surface area contributed by atoms with Crippen LogP contribution in [0.1, 0.15) is 39.3 Å². The van der Waals surface area contributed by atoms with Crippen LogP contribution in [0.2, 0.25) is 0 Å². The van der Waals surface area contributed by atoms with Crippen LogP contribution in [0.25, 0.3) is 0 Å². The van der Waals surface area contributed by atoms with Gasteiger partial charge in [0.2, 0.25) is 0 Å². The van der Waals surface area contributed by atoms with E-state index in [2.05, 4.69) is 43.6 Å². The largest absolute Gasteiger partial charge is 0.493 e. The van der Waals surface area contributed by atoms with Gasteiger partial charge in [-0.15, -0.1) is 0 Å². The van der Waals surface area contributed by atoms with Crippen molar-refractivity contribution in [1.29, 1.82) is 5.26 Å². The molecule has 1 aliphatic rings. The first-order valence-corrected chi connectivity index (χ1v) is 9.18. The standard InChI is InChI=1S/C20H31N3O2/c1-6-22-9-10-23(16(4)13-22)18(12-21)17-7-8-19(20(11-17)24-5)25-14-15(2)3/h7-8,11,15-16,18H,6,9-10,13-14H2,1-5H3. The second kappa shape index (κ2) is 9.07. The summed E-state index contributed by atoms with van der Waals surface area (Å²) in [5, 5.41) is 9.80. The Bertz CT molecular complexity index is 597. The summed E-state index contributed by atoms with van der Waals surface area (Å²) in [5.41, 5.74) is 0.966. The molecule has 0 spiro atoms. The molecule has 1 aromatic rings. The molecular weight excluding hydrogens is 314 g/mol. The molecule has 0 amide bonds. The molecule has 2 unspecified atom stereocenters. The Morgan fingerprint density at radius 2 is 2.04 bits per heavy atom. The highest BCUT2D eigenvalue weighted by atomic mass is 16.5. The summed E-state index contributed by atoms with van der Waals surface area (Å²) in [7, 11) is 1.64. The maximum Gasteiger partial charge on any atom is 0.161 e. The van der Waals surface area contributed by atoms with Crippen LogP contribution in [-0.4, -0.2) is 55.7 Å². The summed E-state index contributed by atoms with van der Waals surface area (Å²) < 4.78 is 11.3. The Morgan fingerprint density at radius 3 is 2.60 bits per heavy atom. The Kier molecular flexibility index (Phi) is 7.10.